The lowest BCUT2D eigenvalue weighted by atomic mass is 10.1. The van der Waals surface area contributed by atoms with E-state index >= 15 is 0 Å². The maximum Gasteiger partial charge on any atom is 0.162 e. The van der Waals surface area contributed by atoms with Gasteiger partial charge in [-0.3, -0.25) is 4.68 Å². The number of aliphatic hydroxyl groups excluding tert-OH is 1. The SMILES string of the molecule is COc1cnn(C)c1C(O)c1cccc(I)c1. The predicted molar refractivity (Wildman–Crippen MR) is 73.0 cm³/mol. The summed E-state index contributed by atoms with van der Waals surface area (Å²) < 4.78 is 7.91. The van der Waals surface area contributed by atoms with Crippen LogP contribution in [0.4, 0.5) is 0 Å². The van der Waals surface area contributed by atoms with Crippen molar-refractivity contribution in [2.45, 2.75) is 6.10 Å². The van der Waals surface area contributed by atoms with E-state index in [1.165, 1.54) is 0 Å². The second-order valence-corrected chi connectivity index (χ2v) is 4.92. The number of aromatic nitrogens is 2. The smallest absolute Gasteiger partial charge is 0.162 e. The maximum absolute atomic E-state index is 10.4. The first kappa shape index (κ1) is 12.4. The minimum atomic E-state index is -0.729. The van der Waals surface area contributed by atoms with Gasteiger partial charge in [0.25, 0.3) is 0 Å². The van der Waals surface area contributed by atoms with E-state index in [0.717, 1.165) is 9.13 Å². The monoisotopic (exact) mass is 344 g/mol. The van der Waals surface area contributed by atoms with Gasteiger partial charge in [0, 0.05) is 10.6 Å². The van der Waals surface area contributed by atoms with Gasteiger partial charge in [-0.15, -0.1) is 0 Å². The van der Waals surface area contributed by atoms with E-state index < -0.39 is 6.10 Å². The fourth-order valence-electron chi connectivity index (χ4n) is 1.73. The van der Waals surface area contributed by atoms with Gasteiger partial charge in [0.05, 0.1) is 13.3 Å². The molecule has 0 amide bonds. The highest BCUT2D eigenvalue weighted by Gasteiger charge is 2.20. The minimum Gasteiger partial charge on any atom is -0.493 e. The molecule has 0 aliphatic rings. The Morgan fingerprint density at radius 1 is 1.47 bits per heavy atom. The van der Waals surface area contributed by atoms with Crippen molar-refractivity contribution in [2.75, 3.05) is 7.11 Å². The summed E-state index contributed by atoms with van der Waals surface area (Å²) in [5.74, 6) is 0.596. The Hall–Kier alpha value is -1.08. The molecule has 0 bridgehead atoms. The third-order valence-electron chi connectivity index (χ3n) is 2.59. The number of methoxy groups -OCH3 is 1. The molecule has 1 aromatic heterocycles. The van der Waals surface area contributed by atoms with Crippen LogP contribution in [-0.4, -0.2) is 22.0 Å². The summed E-state index contributed by atoms with van der Waals surface area (Å²) in [5, 5.41) is 14.4. The molecule has 2 rings (SSSR count). The molecule has 0 spiro atoms. The molecule has 0 aliphatic heterocycles. The van der Waals surface area contributed by atoms with Crippen LogP contribution in [0.25, 0.3) is 0 Å². The molecule has 5 heteroatoms. The van der Waals surface area contributed by atoms with E-state index in [4.69, 9.17) is 4.74 Å². The van der Waals surface area contributed by atoms with Gasteiger partial charge >= 0.3 is 0 Å². The van der Waals surface area contributed by atoms with Gasteiger partial charge < -0.3 is 9.84 Å². The van der Waals surface area contributed by atoms with Crippen molar-refractivity contribution in [1.82, 2.24) is 9.78 Å². The molecule has 1 N–H and O–H groups in total. The number of aliphatic hydroxyl groups is 1. The molecule has 0 saturated carbocycles. The van der Waals surface area contributed by atoms with Gasteiger partial charge in [0.1, 0.15) is 11.8 Å². The first-order chi connectivity index (χ1) is 8.13. The van der Waals surface area contributed by atoms with Gasteiger partial charge in [0.15, 0.2) is 5.75 Å². The van der Waals surface area contributed by atoms with Crippen LogP contribution in [0.5, 0.6) is 5.75 Å². The molecule has 1 heterocycles. The van der Waals surface area contributed by atoms with Crippen molar-refractivity contribution < 1.29 is 9.84 Å². The van der Waals surface area contributed by atoms with E-state index in [1.54, 1.807) is 25.0 Å². The average Bonchev–Trinajstić information content (AvgIpc) is 2.69. The molecule has 90 valence electrons. The number of aryl methyl sites for hydroxylation is 1. The van der Waals surface area contributed by atoms with Crippen molar-refractivity contribution >= 4 is 22.6 Å². The zero-order chi connectivity index (χ0) is 12.4. The van der Waals surface area contributed by atoms with Crippen LogP contribution in [0.2, 0.25) is 0 Å². The van der Waals surface area contributed by atoms with E-state index in [0.29, 0.717) is 11.4 Å². The number of rotatable bonds is 3. The highest BCUT2D eigenvalue weighted by Crippen LogP contribution is 2.29. The Labute approximate surface area is 113 Å². The lowest BCUT2D eigenvalue weighted by molar-refractivity contribution is 0.204. The molecule has 0 fully saturated rings. The summed E-state index contributed by atoms with van der Waals surface area (Å²) in [6, 6.07) is 7.73. The summed E-state index contributed by atoms with van der Waals surface area (Å²) in [6.07, 6.45) is 0.874. The zero-order valence-corrected chi connectivity index (χ0v) is 11.7. The molecule has 2 aromatic rings. The quantitative estimate of drug-likeness (QED) is 0.868. The highest BCUT2D eigenvalue weighted by atomic mass is 127. The third kappa shape index (κ3) is 2.44. The topological polar surface area (TPSA) is 47.3 Å². The molecule has 17 heavy (non-hydrogen) atoms. The largest absolute Gasteiger partial charge is 0.493 e. The Morgan fingerprint density at radius 3 is 2.88 bits per heavy atom. The molecule has 0 aliphatic carbocycles. The van der Waals surface area contributed by atoms with Crippen LogP contribution in [0.3, 0.4) is 0 Å². The van der Waals surface area contributed by atoms with Crippen molar-refractivity contribution in [3.63, 3.8) is 0 Å². The summed E-state index contributed by atoms with van der Waals surface area (Å²) in [6.45, 7) is 0. The van der Waals surface area contributed by atoms with Crippen molar-refractivity contribution in [2.24, 2.45) is 7.05 Å². The average molecular weight is 344 g/mol. The molecular formula is C12H13IN2O2. The van der Waals surface area contributed by atoms with Crippen molar-refractivity contribution in [3.8, 4) is 5.75 Å². The number of nitrogens with zero attached hydrogens (tertiary/aromatic N) is 2. The second kappa shape index (κ2) is 5.05. The van der Waals surface area contributed by atoms with E-state index in [9.17, 15) is 5.11 Å². The van der Waals surface area contributed by atoms with Crippen LogP contribution in [-0.2, 0) is 7.05 Å². The number of halogens is 1. The normalized spacial score (nSPS) is 12.5. The van der Waals surface area contributed by atoms with E-state index in [2.05, 4.69) is 27.7 Å². The molecule has 1 atom stereocenters. The number of benzene rings is 1. The van der Waals surface area contributed by atoms with Crippen LogP contribution in [0.1, 0.15) is 17.4 Å². The Morgan fingerprint density at radius 2 is 2.24 bits per heavy atom. The first-order valence-corrected chi connectivity index (χ1v) is 6.20. The van der Waals surface area contributed by atoms with Gasteiger partial charge in [0.2, 0.25) is 0 Å². The van der Waals surface area contributed by atoms with Gasteiger partial charge in [-0.1, -0.05) is 12.1 Å². The van der Waals surface area contributed by atoms with Crippen LogP contribution in [0.15, 0.2) is 30.5 Å². The minimum absolute atomic E-state index is 0.596. The number of ether oxygens (including phenoxy) is 1. The molecule has 1 aromatic carbocycles. The van der Waals surface area contributed by atoms with Crippen LogP contribution in [0, 0.1) is 3.57 Å². The summed E-state index contributed by atoms with van der Waals surface area (Å²) >= 11 is 2.22. The van der Waals surface area contributed by atoms with Gasteiger partial charge in [-0.25, -0.2) is 0 Å². The third-order valence-corrected chi connectivity index (χ3v) is 3.26. The molecule has 1 unspecified atom stereocenters. The Bertz CT molecular complexity index is 525. The Balaban J connectivity index is 2.43. The van der Waals surface area contributed by atoms with Crippen LogP contribution < -0.4 is 4.74 Å². The molecular weight excluding hydrogens is 331 g/mol. The molecule has 4 nitrogen and oxygen atoms in total. The lowest BCUT2D eigenvalue weighted by Gasteiger charge is -2.13. The summed E-state index contributed by atoms with van der Waals surface area (Å²) in [5.41, 5.74) is 1.49. The van der Waals surface area contributed by atoms with Gasteiger partial charge in [-0.05, 0) is 40.3 Å². The van der Waals surface area contributed by atoms with Crippen molar-refractivity contribution in [3.05, 3.63) is 45.3 Å². The van der Waals surface area contributed by atoms with Crippen molar-refractivity contribution in [1.29, 1.82) is 0 Å². The summed E-state index contributed by atoms with van der Waals surface area (Å²) in [4.78, 5) is 0. The number of hydrogen-bond acceptors (Lipinski definition) is 3. The zero-order valence-electron chi connectivity index (χ0n) is 9.59. The number of hydrogen-bond donors (Lipinski definition) is 1. The summed E-state index contributed by atoms with van der Waals surface area (Å²) in [7, 11) is 3.36. The van der Waals surface area contributed by atoms with E-state index in [1.807, 2.05) is 24.3 Å². The standard InChI is InChI=1S/C12H13IN2O2/c1-15-11(10(17-2)7-14-15)12(16)8-4-3-5-9(13)6-8/h3-7,12,16H,1-2H3. The lowest BCUT2D eigenvalue weighted by Crippen LogP contribution is -2.08. The molecule has 0 radical (unpaired) electrons. The maximum atomic E-state index is 10.4. The first-order valence-electron chi connectivity index (χ1n) is 5.13. The van der Waals surface area contributed by atoms with Gasteiger partial charge in [-0.2, -0.15) is 5.10 Å². The second-order valence-electron chi connectivity index (χ2n) is 3.68. The predicted octanol–water partition coefficient (Wildman–Crippen LogP) is 2.12. The highest BCUT2D eigenvalue weighted by molar-refractivity contribution is 14.1. The van der Waals surface area contributed by atoms with E-state index in [-0.39, 0.29) is 0 Å². The van der Waals surface area contributed by atoms with Crippen LogP contribution >= 0.6 is 22.6 Å². The fraction of sp³-hybridized carbons (Fsp3) is 0.250. The molecule has 0 saturated heterocycles. The Kier molecular flexibility index (Phi) is 3.68. The fourth-order valence-corrected chi connectivity index (χ4v) is 2.30.